The van der Waals surface area contributed by atoms with Gasteiger partial charge in [-0.05, 0) is 32.9 Å². The third-order valence-corrected chi connectivity index (χ3v) is 3.71. The van der Waals surface area contributed by atoms with E-state index >= 15 is 0 Å². The number of piperazine rings is 1. The summed E-state index contributed by atoms with van der Waals surface area (Å²) in [4.78, 5) is 5.21. The molecule has 0 aromatic heterocycles. The molecule has 0 spiro atoms. The van der Waals surface area contributed by atoms with Crippen LogP contribution in [0.5, 0.6) is 0 Å². The predicted molar refractivity (Wildman–Crippen MR) is 62.7 cm³/mol. The molecule has 2 aliphatic heterocycles. The van der Waals surface area contributed by atoms with Crippen LogP contribution in [0.4, 0.5) is 0 Å². The van der Waals surface area contributed by atoms with Crippen LogP contribution in [-0.4, -0.2) is 48.6 Å². The largest absolute Gasteiger partial charge is 0.303 e. The van der Waals surface area contributed by atoms with E-state index in [1.807, 2.05) is 13.8 Å². The van der Waals surface area contributed by atoms with Gasteiger partial charge in [-0.25, -0.2) is 0 Å². The standard InChI is InChI=1S/C10H20N2.C2H6/c1-3-10-5-4-6-12(10)8-7-11(2)9-10;1-2/h3-9H2,1-2H3;1-2H3. The first-order valence-corrected chi connectivity index (χ1v) is 6.20. The highest BCUT2D eigenvalue weighted by molar-refractivity contribution is 4.99. The van der Waals surface area contributed by atoms with Crippen LogP contribution in [0.15, 0.2) is 0 Å². The molecule has 0 aromatic carbocycles. The number of hydrogen-bond donors (Lipinski definition) is 0. The number of nitrogens with zero attached hydrogens (tertiary/aromatic N) is 2. The average Bonchev–Trinajstić information content (AvgIpc) is 2.64. The van der Waals surface area contributed by atoms with Gasteiger partial charge >= 0.3 is 0 Å². The van der Waals surface area contributed by atoms with Crippen LogP contribution in [0.3, 0.4) is 0 Å². The molecule has 2 aliphatic rings. The second-order valence-corrected chi connectivity index (χ2v) is 4.41. The van der Waals surface area contributed by atoms with E-state index in [0.29, 0.717) is 5.54 Å². The van der Waals surface area contributed by atoms with Crippen molar-refractivity contribution >= 4 is 0 Å². The summed E-state index contributed by atoms with van der Waals surface area (Å²) in [6.07, 6.45) is 4.17. The molecule has 1 atom stereocenters. The molecular weight excluding hydrogens is 172 g/mol. The van der Waals surface area contributed by atoms with Gasteiger partial charge in [0.25, 0.3) is 0 Å². The maximum atomic E-state index is 2.72. The van der Waals surface area contributed by atoms with E-state index in [4.69, 9.17) is 0 Å². The Hall–Kier alpha value is -0.0800. The molecule has 2 rings (SSSR count). The van der Waals surface area contributed by atoms with Crippen molar-refractivity contribution in [3.8, 4) is 0 Å². The maximum Gasteiger partial charge on any atom is 0.0334 e. The molecule has 2 heterocycles. The van der Waals surface area contributed by atoms with Gasteiger partial charge in [0.05, 0.1) is 0 Å². The molecular formula is C12H26N2. The molecule has 0 aromatic rings. The molecule has 0 bridgehead atoms. The zero-order valence-corrected chi connectivity index (χ0v) is 10.3. The molecule has 1 unspecified atom stereocenters. The summed E-state index contributed by atoms with van der Waals surface area (Å²) < 4.78 is 0. The smallest absolute Gasteiger partial charge is 0.0334 e. The third-order valence-electron chi connectivity index (χ3n) is 3.71. The van der Waals surface area contributed by atoms with Crippen LogP contribution in [0.1, 0.15) is 40.0 Å². The Kier molecular flexibility index (Phi) is 4.39. The second kappa shape index (κ2) is 5.13. The van der Waals surface area contributed by atoms with Gasteiger partial charge in [0.15, 0.2) is 0 Å². The lowest BCUT2D eigenvalue weighted by atomic mass is 9.90. The Bertz CT molecular complexity index is 170. The minimum absolute atomic E-state index is 0.562. The van der Waals surface area contributed by atoms with Crippen LogP contribution in [0, 0.1) is 0 Å². The Labute approximate surface area is 89.3 Å². The summed E-state index contributed by atoms with van der Waals surface area (Å²) in [5.41, 5.74) is 0.562. The van der Waals surface area contributed by atoms with Crippen LogP contribution in [0.2, 0.25) is 0 Å². The highest BCUT2D eigenvalue weighted by atomic mass is 15.3. The zero-order valence-electron chi connectivity index (χ0n) is 10.3. The summed E-state index contributed by atoms with van der Waals surface area (Å²) in [6, 6.07) is 0. The van der Waals surface area contributed by atoms with Gasteiger partial charge in [0, 0.05) is 25.2 Å². The predicted octanol–water partition coefficient (Wildman–Crippen LogP) is 2.20. The number of fused-ring (bicyclic) bond motifs is 1. The van der Waals surface area contributed by atoms with Crippen molar-refractivity contribution in [3.05, 3.63) is 0 Å². The quantitative estimate of drug-likeness (QED) is 0.637. The lowest BCUT2D eigenvalue weighted by Gasteiger charge is -2.45. The van der Waals surface area contributed by atoms with E-state index in [0.717, 1.165) is 0 Å². The van der Waals surface area contributed by atoms with E-state index in [9.17, 15) is 0 Å². The van der Waals surface area contributed by atoms with Crippen molar-refractivity contribution in [2.45, 2.75) is 45.6 Å². The van der Waals surface area contributed by atoms with E-state index in [1.54, 1.807) is 0 Å². The monoisotopic (exact) mass is 198 g/mol. The van der Waals surface area contributed by atoms with Gasteiger partial charge in [0.2, 0.25) is 0 Å². The fourth-order valence-electron chi connectivity index (χ4n) is 2.91. The van der Waals surface area contributed by atoms with E-state index in [1.165, 1.54) is 45.4 Å². The van der Waals surface area contributed by atoms with Crippen LogP contribution < -0.4 is 0 Å². The fourth-order valence-corrected chi connectivity index (χ4v) is 2.91. The molecule has 2 nitrogen and oxygen atoms in total. The highest BCUT2D eigenvalue weighted by Crippen LogP contribution is 2.34. The summed E-state index contributed by atoms with van der Waals surface area (Å²) >= 11 is 0. The van der Waals surface area contributed by atoms with Crippen molar-refractivity contribution in [2.75, 3.05) is 33.2 Å². The Balaban J connectivity index is 0.000000461. The molecule has 2 saturated heterocycles. The van der Waals surface area contributed by atoms with Crippen LogP contribution in [0.25, 0.3) is 0 Å². The molecule has 84 valence electrons. The third kappa shape index (κ3) is 2.12. The molecule has 0 radical (unpaired) electrons. The summed E-state index contributed by atoms with van der Waals surface area (Å²) in [7, 11) is 2.26. The lowest BCUT2D eigenvalue weighted by Crippen LogP contribution is -2.57. The molecule has 2 heteroatoms. The number of likely N-dealkylation sites (N-methyl/N-ethyl adjacent to an activating group) is 1. The Morgan fingerprint density at radius 2 is 1.86 bits per heavy atom. The molecule has 0 N–H and O–H groups in total. The molecule has 0 amide bonds. The first kappa shape index (κ1) is 12.0. The molecule has 0 aliphatic carbocycles. The van der Waals surface area contributed by atoms with Crippen molar-refractivity contribution in [1.82, 2.24) is 9.80 Å². The topological polar surface area (TPSA) is 6.48 Å². The van der Waals surface area contributed by atoms with Crippen LogP contribution >= 0.6 is 0 Å². The summed E-state index contributed by atoms with van der Waals surface area (Å²) in [6.45, 7) is 11.6. The zero-order chi connectivity index (χ0) is 10.6. The van der Waals surface area contributed by atoms with E-state index in [-0.39, 0.29) is 0 Å². The van der Waals surface area contributed by atoms with Gasteiger partial charge < -0.3 is 4.90 Å². The van der Waals surface area contributed by atoms with Crippen molar-refractivity contribution in [2.24, 2.45) is 0 Å². The lowest BCUT2D eigenvalue weighted by molar-refractivity contribution is 0.0377. The number of hydrogen-bond acceptors (Lipinski definition) is 2. The van der Waals surface area contributed by atoms with Gasteiger partial charge in [-0.15, -0.1) is 0 Å². The highest BCUT2D eigenvalue weighted by Gasteiger charge is 2.42. The first-order chi connectivity index (χ1) is 6.77. The van der Waals surface area contributed by atoms with E-state index < -0.39 is 0 Å². The van der Waals surface area contributed by atoms with E-state index in [2.05, 4.69) is 23.8 Å². The minimum atomic E-state index is 0.562. The maximum absolute atomic E-state index is 2.72. The Morgan fingerprint density at radius 1 is 1.14 bits per heavy atom. The van der Waals surface area contributed by atoms with Gasteiger partial charge in [-0.2, -0.15) is 0 Å². The van der Waals surface area contributed by atoms with Gasteiger partial charge in [-0.1, -0.05) is 20.8 Å². The SMILES string of the molecule is CC.CCC12CCCN1CCN(C)C2. The van der Waals surface area contributed by atoms with Crippen molar-refractivity contribution in [3.63, 3.8) is 0 Å². The van der Waals surface area contributed by atoms with Crippen molar-refractivity contribution < 1.29 is 0 Å². The second-order valence-electron chi connectivity index (χ2n) is 4.41. The molecule has 0 saturated carbocycles. The summed E-state index contributed by atoms with van der Waals surface area (Å²) in [5, 5.41) is 0. The fraction of sp³-hybridized carbons (Fsp3) is 1.00. The first-order valence-electron chi connectivity index (χ1n) is 6.20. The van der Waals surface area contributed by atoms with Crippen LogP contribution in [-0.2, 0) is 0 Å². The molecule has 14 heavy (non-hydrogen) atoms. The minimum Gasteiger partial charge on any atom is -0.303 e. The van der Waals surface area contributed by atoms with Crippen molar-refractivity contribution in [1.29, 1.82) is 0 Å². The van der Waals surface area contributed by atoms with Gasteiger partial charge in [-0.3, -0.25) is 4.90 Å². The number of rotatable bonds is 1. The average molecular weight is 198 g/mol. The molecule has 2 fully saturated rings. The van der Waals surface area contributed by atoms with Gasteiger partial charge in [0.1, 0.15) is 0 Å². The normalized spacial score (nSPS) is 33.4. The Morgan fingerprint density at radius 3 is 2.50 bits per heavy atom. The summed E-state index contributed by atoms with van der Waals surface area (Å²) in [5.74, 6) is 0.